The molecule has 0 saturated carbocycles. The Kier molecular flexibility index (Phi) is 2.63. The number of benzene rings is 2. The van der Waals surface area contributed by atoms with Gasteiger partial charge in [0.05, 0.1) is 19.2 Å². The standard InChI is InChI=1S/C15H14N2O2/c1-19-12-7-5-11(6-8-12)17-9-10-3-2-4-13(16)14(10)15(17)18/h2-8H,9,16H2,1H3. The second-order valence-corrected chi connectivity index (χ2v) is 4.47. The van der Waals surface area contributed by atoms with Crippen LogP contribution in [0.4, 0.5) is 11.4 Å². The number of nitrogens with zero attached hydrogens (tertiary/aromatic N) is 1. The Morgan fingerprint density at radius 3 is 2.53 bits per heavy atom. The molecule has 0 atom stereocenters. The molecule has 1 aliphatic heterocycles. The van der Waals surface area contributed by atoms with E-state index in [1.54, 1.807) is 18.1 Å². The summed E-state index contributed by atoms with van der Waals surface area (Å²) in [5.41, 5.74) is 8.87. The lowest BCUT2D eigenvalue weighted by molar-refractivity contribution is 0.0997. The van der Waals surface area contributed by atoms with Gasteiger partial charge in [-0.15, -0.1) is 0 Å². The number of nitrogens with two attached hydrogens (primary N) is 1. The summed E-state index contributed by atoms with van der Waals surface area (Å²) in [6, 6.07) is 13.0. The molecule has 0 bridgehead atoms. The van der Waals surface area contributed by atoms with Gasteiger partial charge < -0.3 is 15.4 Å². The minimum atomic E-state index is -0.0433. The van der Waals surface area contributed by atoms with Crippen LogP contribution in [0.15, 0.2) is 42.5 Å². The van der Waals surface area contributed by atoms with Crippen molar-refractivity contribution in [3.05, 3.63) is 53.6 Å². The second-order valence-electron chi connectivity index (χ2n) is 4.47. The summed E-state index contributed by atoms with van der Waals surface area (Å²) in [5.74, 6) is 0.727. The zero-order valence-corrected chi connectivity index (χ0v) is 10.6. The number of methoxy groups -OCH3 is 1. The molecule has 0 radical (unpaired) electrons. The average Bonchev–Trinajstić information content (AvgIpc) is 2.78. The Balaban J connectivity index is 1.97. The average molecular weight is 254 g/mol. The summed E-state index contributed by atoms with van der Waals surface area (Å²) in [6.45, 7) is 0.561. The van der Waals surface area contributed by atoms with E-state index in [9.17, 15) is 4.79 Å². The first-order valence-electron chi connectivity index (χ1n) is 6.04. The van der Waals surface area contributed by atoms with Gasteiger partial charge in [-0.3, -0.25) is 4.79 Å². The lowest BCUT2D eigenvalue weighted by atomic mass is 10.1. The quantitative estimate of drug-likeness (QED) is 0.837. The van der Waals surface area contributed by atoms with Crippen LogP contribution >= 0.6 is 0 Å². The number of hydrogen-bond donors (Lipinski definition) is 1. The van der Waals surface area contributed by atoms with Crippen LogP contribution in [0.2, 0.25) is 0 Å². The first kappa shape index (κ1) is 11.6. The Morgan fingerprint density at radius 1 is 1.16 bits per heavy atom. The summed E-state index contributed by atoms with van der Waals surface area (Å²) in [7, 11) is 1.62. The van der Waals surface area contributed by atoms with Crippen LogP contribution in [-0.2, 0) is 6.54 Å². The summed E-state index contributed by atoms with van der Waals surface area (Å²) < 4.78 is 5.12. The fourth-order valence-electron chi connectivity index (χ4n) is 2.36. The first-order chi connectivity index (χ1) is 9.20. The predicted molar refractivity (Wildman–Crippen MR) is 74.4 cm³/mol. The minimum Gasteiger partial charge on any atom is -0.497 e. The molecule has 2 N–H and O–H groups in total. The topological polar surface area (TPSA) is 55.6 Å². The molecular formula is C15H14N2O2. The number of anilines is 2. The zero-order valence-electron chi connectivity index (χ0n) is 10.6. The van der Waals surface area contributed by atoms with Crippen molar-refractivity contribution in [2.45, 2.75) is 6.54 Å². The van der Waals surface area contributed by atoms with E-state index in [4.69, 9.17) is 10.5 Å². The van der Waals surface area contributed by atoms with Crippen molar-refractivity contribution in [2.75, 3.05) is 17.7 Å². The number of ether oxygens (including phenoxy) is 1. The number of carbonyl (C=O) groups is 1. The van der Waals surface area contributed by atoms with E-state index in [0.29, 0.717) is 17.8 Å². The minimum absolute atomic E-state index is 0.0433. The van der Waals surface area contributed by atoms with Crippen LogP contribution in [-0.4, -0.2) is 13.0 Å². The van der Waals surface area contributed by atoms with Crippen LogP contribution < -0.4 is 15.4 Å². The molecule has 0 unspecified atom stereocenters. The van der Waals surface area contributed by atoms with Gasteiger partial charge in [0.2, 0.25) is 0 Å². The second kappa shape index (κ2) is 4.31. The van der Waals surface area contributed by atoms with Gasteiger partial charge in [-0.1, -0.05) is 12.1 Å². The molecule has 2 aromatic rings. The lowest BCUT2D eigenvalue weighted by Crippen LogP contribution is -2.23. The highest BCUT2D eigenvalue weighted by molar-refractivity contribution is 6.13. The maximum atomic E-state index is 12.4. The fourth-order valence-corrected chi connectivity index (χ4v) is 2.36. The highest BCUT2D eigenvalue weighted by Crippen LogP contribution is 2.32. The normalized spacial score (nSPS) is 13.5. The van der Waals surface area contributed by atoms with Gasteiger partial charge in [0.25, 0.3) is 5.91 Å². The number of hydrogen-bond acceptors (Lipinski definition) is 3. The Morgan fingerprint density at radius 2 is 1.89 bits per heavy atom. The Hall–Kier alpha value is -2.49. The molecule has 4 nitrogen and oxygen atoms in total. The van der Waals surface area contributed by atoms with Crippen molar-refractivity contribution in [1.29, 1.82) is 0 Å². The van der Waals surface area contributed by atoms with E-state index in [1.165, 1.54) is 0 Å². The monoisotopic (exact) mass is 254 g/mol. The number of rotatable bonds is 2. The molecule has 0 spiro atoms. The third-order valence-corrected chi connectivity index (χ3v) is 3.35. The largest absolute Gasteiger partial charge is 0.497 e. The maximum absolute atomic E-state index is 12.4. The van der Waals surface area contributed by atoms with E-state index in [0.717, 1.165) is 17.0 Å². The van der Waals surface area contributed by atoms with Crippen LogP contribution in [0.1, 0.15) is 15.9 Å². The van der Waals surface area contributed by atoms with Crippen molar-refractivity contribution in [1.82, 2.24) is 0 Å². The number of carbonyl (C=O) groups excluding carboxylic acids is 1. The van der Waals surface area contributed by atoms with Gasteiger partial charge in [-0.25, -0.2) is 0 Å². The molecule has 0 aliphatic carbocycles. The molecule has 19 heavy (non-hydrogen) atoms. The lowest BCUT2D eigenvalue weighted by Gasteiger charge is -2.16. The van der Waals surface area contributed by atoms with Crippen LogP contribution in [0.5, 0.6) is 5.75 Å². The third-order valence-electron chi connectivity index (χ3n) is 3.35. The van der Waals surface area contributed by atoms with E-state index in [-0.39, 0.29) is 5.91 Å². The predicted octanol–water partition coefficient (Wildman–Crippen LogP) is 2.44. The summed E-state index contributed by atoms with van der Waals surface area (Å²) in [4.78, 5) is 14.1. The maximum Gasteiger partial charge on any atom is 0.261 e. The van der Waals surface area contributed by atoms with Gasteiger partial charge >= 0.3 is 0 Å². The molecule has 2 aromatic carbocycles. The van der Waals surface area contributed by atoms with Gasteiger partial charge in [0.15, 0.2) is 0 Å². The fraction of sp³-hybridized carbons (Fsp3) is 0.133. The van der Waals surface area contributed by atoms with Crippen molar-refractivity contribution in [3.8, 4) is 5.75 Å². The number of nitrogen functional groups attached to an aromatic ring is 1. The van der Waals surface area contributed by atoms with Crippen molar-refractivity contribution < 1.29 is 9.53 Å². The summed E-state index contributed by atoms with van der Waals surface area (Å²) in [6.07, 6.45) is 0. The molecule has 96 valence electrons. The highest BCUT2D eigenvalue weighted by atomic mass is 16.5. The van der Waals surface area contributed by atoms with Crippen LogP contribution in [0.25, 0.3) is 0 Å². The Labute approximate surface area is 111 Å². The van der Waals surface area contributed by atoms with Crippen LogP contribution in [0, 0.1) is 0 Å². The van der Waals surface area contributed by atoms with E-state index in [2.05, 4.69) is 0 Å². The van der Waals surface area contributed by atoms with E-state index < -0.39 is 0 Å². The molecule has 0 aromatic heterocycles. The van der Waals surface area contributed by atoms with Crippen molar-refractivity contribution >= 4 is 17.3 Å². The van der Waals surface area contributed by atoms with Gasteiger partial charge in [-0.2, -0.15) is 0 Å². The highest BCUT2D eigenvalue weighted by Gasteiger charge is 2.30. The summed E-state index contributed by atoms with van der Waals surface area (Å²) >= 11 is 0. The molecule has 1 heterocycles. The van der Waals surface area contributed by atoms with E-state index in [1.807, 2.05) is 36.4 Å². The number of fused-ring (bicyclic) bond motifs is 1. The van der Waals surface area contributed by atoms with Gasteiger partial charge in [0, 0.05) is 11.4 Å². The SMILES string of the molecule is COc1ccc(N2Cc3cccc(N)c3C2=O)cc1. The van der Waals surface area contributed by atoms with Gasteiger partial charge in [-0.05, 0) is 35.9 Å². The molecule has 0 saturated heterocycles. The Bertz CT molecular complexity index is 635. The number of amides is 1. The summed E-state index contributed by atoms with van der Waals surface area (Å²) in [5, 5.41) is 0. The van der Waals surface area contributed by atoms with Crippen molar-refractivity contribution in [2.24, 2.45) is 0 Å². The first-order valence-corrected chi connectivity index (χ1v) is 6.04. The zero-order chi connectivity index (χ0) is 13.4. The molecule has 0 fully saturated rings. The third kappa shape index (κ3) is 1.81. The van der Waals surface area contributed by atoms with Crippen LogP contribution in [0.3, 0.4) is 0 Å². The molecule has 1 amide bonds. The molecule has 1 aliphatic rings. The van der Waals surface area contributed by atoms with Crippen molar-refractivity contribution in [3.63, 3.8) is 0 Å². The molecular weight excluding hydrogens is 240 g/mol. The van der Waals surface area contributed by atoms with E-state index >= 15 is 0 Å². The molecule has 3 rings (SSSR count). The van der Waals surface area contributed by atoms with Gasteiger partial charge in [0.1, 0.15) is 5.75 Å². The smallest absolute Gasteiger partial charge is 0.261 e. The molecule has 4 heteroatoms.